The molecular weight excluding hydrogens is 354 g/mol. The van der Waals surface area contributed by atoms with Crippen LogP contribution in [0.1, 0.15) is 41.3 Å². The number of halogens is 1. The van der Waals surface area contributed by atoms with Gasteiger partial charge in [-0.05, 0) is 60.8 Å². The lowest BCUT2D eigenvalue weighted by Crippen LogP contribution is -2.34. The van der Waals surface area contributed by atoms with Gasteiger partial charge >= 0.3 is 0 Å². The van der Waals surface area contributed by atoms with E-state index in [1.54, 1.807) is 0 Å². The summed E-state index contributed by atoms with van der Waals surface area (Å²) in [4.78, 5) is 11.6. The number of benzene rings is 1. The third-order valence-electron chi connectivity index (χ3n) is 5.24. The summed E-state index contributed by atoms with van der Waals surface area (Å²) in [5.74, 6) is 0.492. The van der Waals surface area contributed by atoms with Crippen molar-refractivity contribution in [3.05, 3.63) is 94.5 Å². The monoisotopic (exact) mass is 377 g/mol. The Morgan fingerprint density at radius 3 is 2.70 bits per heavy atom. The predicted molar refractivity (Wildman–Crippen MR) is 110 cm³/mol. The first-order valence-corrected chi connectivity index (χ1v) is 9.96. The van der Waals surface area contributed by atoms with Crippen LogP contribution in [0.5, 0.6) is 0 Å². The second-order valence-electron chi connectivity index (χ2n) is 7.25. The molecular formula is C23H24ClN3. The van der Waals surface area contributed by atoms with Crippen LogP contribution < -0.4 is 0 Å². The molecule has 2 aromatic heterocycles. The Hall–Kier alpha value is -2.23. The van der Waals surface area contributed by atoms with E-state index in [4.69, 9.17) is 16.6 Å². The maximum Gasteiger partial charge on any atom is 0.0451 e. The minimum absolute atomic E-state index is 0.492. The van der Waals surface area contributed by atoms with Gasteiger partial charge in [-0.15, -0.1) is 0 Å². The Labute approximate surface area is 166 Å². The first-order valence-electron chi connectivity index (χ1n) is 9.58. The zero-order valence-electron chi connectivity index (χ0n) is 15.4. The van der Waals surface area contributed by atoms with Crippen LogP contribution in [0.4, 0.5) is 0 Å². The van der Waals surface area contributed by atoms with Crippen LogP contribution in [-0.4, -0.2) is 28.0 Å². The number of hydrogen-bond donors (Lipinski definition) is 0. The number of pyridine rings is 2. The van der Waals surface area contributed by atoms with Gasteiger partial charge in [0.2, 0.25) is 0 Å². The van der Waals surface area contributed by atoms with Gasteiger partial charge in [-0.2, -0.15) is 0 Å². The zero-order valence-corrected chi connectivity index (χ0v) is 16.1. The molecule has 1 fully saturated rings. The van der Waals surface area contributed by atoms with Crippen molar-refractivity contribution in [1.29, 1.82) is 0 Å². The molecule has 4 rings (SSSR count). The van der Waals surface area contributed by atoms with Crippen LogP contribution in [0.15, 0.2) is 67.0 Å². The number of rotatable bonds is 5. The maximum absolute atomic E-state index is 6.32. The lowest BCUT2D eigenvalue weighted by atomic mass is 9.93. The average molecular weight is 378 g/mol. The minimum atomic E-state index is 0.492. The van der Waals surface area contributed by atoms with E-state index in [2.05, 4.69) is 46.3 Å². The first kappa shape index (κ1) is 18.1. The molecule has 3 aromatic rings. The second kappa shape index (κ2) is 8.64. The molecule has 4 heteroatoms. The quantitative estimate of drug-likeness (QED) is 0.619. The van der Waals surface area contributed by atoms with Gasteiger partial charge in [0.05, 0.1) is 0 Å². The third kappa shape index (κ3) is 4.74. The fourth-order valence-electron chi connectivity index (χ4n) is 3.85. The van der Waals surface area contributed by atoms with E-state index in [9.17, 15) is 0 Å². The molecule has 0 aliphatic carbocycles. The van der Waals surface area contributed by atoms with Gasteiger partial charge in [0.25, 0.3) is 0 Å². The fraction of sp³-hybridized carbons (Fsp3) is 0.304. The molecule has 1 saturated heterocycles. The molecule has 1 aliphatic rings. The van der Waals surface area contributed by atoms with Crippen LogP contribution in [0, 0.1) is 0 Å². The molecule has 0 spiro atoms. The highest BCUT2D eigenvalue weighted by atomic mass is 35.5. The van der Waals surface area contributed by atoms with Crippen molar-refractivity contribution in [2.75, 3.05) is 13.1 Å². The van der Waals surface area contributed by atoms with E-state index in [-0.39, 0.29) is 0 Å². The highest BCUT2D eigenvalue weighted by molar-refractivity contribution is 6.31. The van der Waals surface area contributed by atoms with E-state index >= 15 is 0 Å². The van der Waals surface area contributed by atoms with Crippen molar-refractivity contribution < 1.29 is 0 Å². The Balaban J connectivity index is 1.45. The number of likely N-dealkylation sites (tertiary alicyclic amines) is 1. The first-order chi connectivity index (χ1) is 13.3. The summed E-state index contributed by atoms with van der Waals surface area (Å²) in [5, 5.41) is 0.811. The molecule has 138 valence electrons. The third-order valence-corrected chi connectivity index (χ3v) is 5.61. The number of nitrogens with zero attached hydrogens (tertiary/aromatic N) is 3. The van der Waals surface area contributed by atoms with Gasteiger partial charge in [-0.3, -0.25) is 14.9 Å². The van der Waals surface area contributed by atoms with Crippen LogP contribution in [0.3, 0.4) is 0 Å². The maximum atomic E-state index is 6.32. The second-order valence-corrected chi connectivity index (χ2v) is 7.66. The molecule has 27 heavy (non-hydrogen) atoms. The van der Waals surface area contributed by atoms with Crippen molar-refractivity contribution in [1.82, 2.24) is 14.9 Å². The zero-order chi connectivity index (χ0) is 18.5. The molecule has 3 nitrogen and oxygen atoms in total. The molecule has 1 aromatic carbocycles. The molecule has 0 N–H and O–H groups in total. The van der Waals surface area contributed by atoms with Crippen molar-refractivity contribution >= 4 is 11.6 Å². The van der Waals surface area contributed by atoms with Gasteiger partial charge in [-0.1, -0.05) is 35.9 Å². The van der Waals surface area contributed by atoms with Crippen molar-refractivity contribution in [3.8, 4) is 0 Å². The molecule has 1 atom stereocenters. The Morgan fingerprint density at radius 1 is 1.00 bits per heavy atom. The number of hydrogen-bond acceptors (Lipinski definition) is 3. The number of aromatic nitrogens is 2. The normalized spacial score (nSPS) is 17.7. The lowest BCUT2D eigenvalue weighted by Gasteiger charge is -2.32. The summed E-state index contributed by atoms with van der Waals surface area (Å²) in [6, 6.07) is 18.6. The van der Waals surface area contributed by atoms with Crippen LogP contribution in [0.25, 0.3) is 0 Å². The Morgan fingerprint density at radius 2 is 1.85 bits per heavy atom. The van der Waals surface area contributed by atoms with E-state index in [0.29, 0.717) is 5.92 Å². The van der Waals surface area contributed by atoms with Crippen LogP contribution >= 0.6 is 11.6 Å². The van der Waals surface area contributed by atoms with E-state index < -0.39 is 0 Å². The van der Waals surface area contributed by atoms with Crippen molar-refractivity contribution in [2.24, 2.45) is 0 Å². The highest BCUT2D eigenvalue weighted by Gasteiger charge is 2.22. The van der Waals surface area contributed by atoms with Gasteiger partial charge in [-0.25, -0.2) is 0 Å². The minimum Gasteiger partial charge on any atom is -0.298 e. The average Bonchev–Trinajstić information content (AvgIpc) is 2.71. The van der Waals surface area contributed by atoms with Gasteiger partial charge in [0, 0.05) is 54.2 Å². The molecule has 3 heterocycles. The summed E-state index contributed by atoms with van der Waals surface area (Å²) < 4.78 is 0. The van der Waals surface area contributed by atoms with Gasteiger partial charge in [0.1, 0.15) is 0 Å². The molecule has 0 radical (unpaired) electrons. The largest absolute Gasteiger partial charge is 0.298 e. The van der Waals surface area contributed by atoms with E-state index in [0.717, 1.165) is 42.3 Å². The Kier molecular flexibility index (Phi) is 5.81. The highest BCUT2D eigenvalue weighted by Crippen LogP contribution is 2.27. The molecule has 0 saturated carbocycles. The van der Waals surface area contributed by atoms with Crippen molar-refractivity contribution in [2.45, 2.75) is 31.7 Å². The predicted octanol–water partition coefficient (Wildman–Crippen LogP) is 5.10. The van der Waals surface area contributed by atoms with Gasteiger partial charge in [0.15, 0.2) is 0 Å². The standard InChI is InChI=1S/C23H24ClN3/c24-22-8-2-1-5-19(22)15-21-7-3-9-23(26-21)20-6-4-14-27(17-20)16-18-10-12-25-13-11-18/h1-3,5,7-13,20H,4,6,14-17H2/t20-/m0/s1. The van der Waals surface area contributed by atoms with E-state index in [1.165, 1.54) is 24.1 Å². The smallest absolute Gasteiger partial charge is 0.0451 e. The van der Waals surface area contributed by atoms with E-state index in [1.807, 2.05) is 30.6 Å². The lowest BCUT2D eigenvalue weighted by molar-refractivity contribution is 0.198. The molecule has 0 amide bonds. The topological polar surface area (TPSA) is 29.0 Å². The molecule has 0 unspecified atom stereocenters. The molecule has 0 bridgehead atoms. The van der Waals surface area contributed by atoms with Crippen LogP contribution in [0.2, 0.25) is 5.02 Å². The number of piperidine rings is 1. The summed E-state index contributed by atoms with van der Waals surface area (Å²) in [7, 11) is 0. The summed E-state index contributed by atoms with van der Waals surface area (Å²) in [6.07, 6.45) is 6.94. The molecule has 1 aliphatic heterocycles. The summed E-state index contributed by atoms with van der Waals surface area (Å²) in [5.41, 5.74) is 4.75. The summed E-state index contributed by atoms with van der Waals surface area (Å²) >= 11 is 6.32. The van der Waals surface area contributed by atoms with Crippen molar-refractivity contribution in [3.63, 3.8) is 0 Å². The Bertz CT molecular complexity index is 882. The summed E-state index contributed by atoms with van der Waals surface area (Å²) in [6.45, 7) is 3.20. The van der Waals surface area contributed by atoms with Crippen LogP contribution in [-0.2, 0) is 13.0 Å². The SMILES string of the molecule is Clc1ccccc1Cc1cccc([C@H]2CCCN(Cc3ccncc3)C2)n1. The van der Waals surface area contributed by atoms with Gasteiger partial charge < -0.3 is 0 Å². The fourth-order valence-corrected chi connectivity index (χ4v) is 4.05.